The number of aromatic nitrogens is 4. The van der Waals surface area contributed by atoms with Crippen LogP contribution in [0.15, 0.2) is 77.7 Å². The minimum atomic E-state index is -0.0854. The van der Waals surface area contributed by atoms with Crippen molar-refractivity contribution in [3.05, 3.63) is 94.5 Å². The number of hydrogen-bond donors (Lipinski definition) is 1. The van der Waals surface area contributed by atoms with Gasteiger partial charge in [-0.15, -0.1) is 0 Å². The number of fused-ring (bicyclic) bond motifs is 2. The van der Waals surface area contributed by atoms with Crippen LogP contribution in [0.4, 0.5) is 0 Å². The molecule has 0 amide bonds. The number of nitrogens with one attached hydrogen (secondary N) is 1. The molecule has 0 radical (unpaired) electrons. The lowest BCUT2D eigenvalue weighted by Gasteiger charge is -2.08. The fourth-order valence-electron chi connectivity index (χ4n) is 4.76. The van der Waals surface area contributed by atoms with Crippen LogP contribution in [0, 0.1) is 6.92 Å². The average molecular weight is 419 g/mol. The van der Waals surface area contributed by atoms with Gasteiger partial charge in [-0.3, -0.25) is 14.9 Å². The third-order valence-electron chi connectivity index (χ3n) is 6.28. The van der Waals surface area contributed by atoms with E-state index in [0.717, 1.165) is 58.2 Å². The van der Waals surface area contributed by atoms with Crippen molar-refractivity contribution in [3.8, 4) is 22.4 Å². The molecule has 2 aromatic carbocycles. The highest BCUT2D eigenvalue weighted by Crippen LogP contribution is 2.37. The van der Waals surface area contributed by atoms with E-state index in [1.54, 1.807) is 10.7 Å². The molecule has 3 heterocycles. The third kappa shape index (κ3) is 2.89. The highest BCUT2D eigenvalue weighted by Gasteiger charge is 2.23. The van der Waals surface area contributed by atoms with Crippen molar-refractivity contribution in [2.24, 2.45) is 0 Å². The molecule has 0 spiro atoms. The third-order valence-corrected chi connectivity index (χ3v) is 6.28. The molecule has 5 nitrogen and oxygen atoms in total. The predicted octanol–water partition coefficient (Wildman–Crippen LogP) is 5.78. The quantitative estimate of drug-likeness (QED) is 0.404. The Labute approximate surface area is 185 Å². The van der Waals surface area contributed by atoms with Gasteiger partial charge in [0, 0.05) is 22.7 Å². The van der Waals surface area contributed by atoms with E-state index in [1.165, 1.54) is 5.57 Å². The maximum atomic E-state index is 13.8. The van der Waals surface area contributed by atoms with Gasteiger partial charge in [-0.1, -0.05) is 48.5 Å². The van der Waals surface area contributed by atoms with Gasteiger partial charge in [0.05, 0.1) is 22.5 Å². The largest absolute Gasteiger partial charge is 0.288 e. The van der Waals surface area contributed by atoms with E-state index in [0.29, 0.717) is 11.2 Å². The van der Waals surface area contributed by atoms with Crippen molar-refractivity contribution in [1.29, 1.82) is 0 Å². The zero-order chi connectivity index (χ0) is 21.7. The molecule has 0 unspecified atom stereocenters. The smallest absolute Gasteiger partial charge is 0.280 e. The molecule has 0 bridgehead atoms. The highest BCUT2D eigenvalue weighted by molar-refractivity contribution is 5.89. The van der Waals surface area contributed by atoms with Gasteiger partial charge in [-0.25, -0.2) is 4.98 Å². The highest BCUT2D eigenvalue weighted by atomic mass is 16.1. The molecule has 3 aromatic heterocycles. The molecule has 0 saturated heterocycles. The van der Waals surface area contributed by atoms with Crippen molar-refractivity contribution in [3.63, 3.8) is 0 Å². The molecule has 1 aliphatic carbocycles. The van der Waals surface area contributed by atoms with Crippen LogP contribution < -0.4 is 5.56 Å². The normalized spacial score (nSPS) is 13.7. The number of nitrogens with zero attached hydrogens (tertiary/aromatic N) is 3. The first-order valence-corrected chi connectivity index (χ1v) is 11.0. The number of H-pyrrole nitrogens is 1. The average Bonchev–Trinajstić information content (AvgIpc) is 3.47. The summed E-state index contributed by atoms with van der Waals surface area (Å²) in [5.41, 5.74) is 8.03. The molecule has 32 heavy (non-hydrogen) atoms. The number of hydrogen-bond acceptors (Lipinski definition) is 3. The summed E-state index contributed by atoms with van der Waals surface area (Å²) in [6.07, 6.45) is 7.25. The van der Waals surface area contributed by atoms with E-state index in [1.807, 2.05) is 55.5 Å². The van der Waals surface area contributed by atoms with Gasteiger partial charge in [0.25, 0.3) is 5.56 Å². The van der Waals surface area contributed by atoms with Gasteiger partial charge in [0.2, 0.25) is 0 Å². The van der Waals surface area contributed by atoms with Crippen LogP contribution in [0.2, 0.25) is 0 Å². The molecular formula is C27H22N4O. The molecule has 5 aromatic rings. The van der Waals surface area contributed by atoms with Gasteiger partial charge < -0.3 is 0 Å². The summed E-state index contributed by atoms with van der Waals surface area (Å²) in [6, 6.07) is 20.0. The molecule has 1 N–H and O–H groups in total. The van der Waals surface area contributed by atoms with Crippen molar-refractivity contribution in [2.45, 2.75) is 26.2 Å². The number of aromatic amines is 1. The van der Waals surface area contributed by atoms with Crippen LogP contribution in [0.25, 0.3) is 44.5 Å². The zero-order valence-electron chi connectivity index (χ0n) is 17.8. The lowest BCUT2D eigenvalue weighted by Crippen LogP contribution is -2.19. The Bertz CT molecular complexity index is 1570. The molecule has 1 aliphatic rings. The summed E-state index contributed by atoms with van der Waals surface area (Å²) in [6.45, 7) is 1.92. The van der Waals surface area contributed by atoms with Gasteiger partial charge in [0.1, 0.15) is 0 Å². The SMILES string of the molecule is Cc1nc2c(C3=CCCC3)c(-c3ccccc3)[nH]n2c(=O)c1-c1ccc2ncccc2c1. The molecule has 0 saturated carbocycles. The van der Waals surface area contributed by atoms with Gasteiger partial charge in [-0.05, 0) is 55.5 Å². The second-order valence-electron chi connectivity index (χ2n) is 8.30. The van der Waals surface area contributed by atoms with Crippen molar-refractivity contribution in [1.82, 2.24) is 19.6 Å². The standard InChI is InChI=1S/C27H22N4O/c1-17-23(21-13-14-22-20(16-21)12-7-15-28-22)27(32)31-26(29-17)24(18-8-5-6-9-18)25(30-31)19-10-3-2-4-11-19/h2-4,7-8,10-16,30H,5-6,9H2,1H3. The fraction of sp³-hybridized carbons (Fsp3) is 0.148. The Balaban J connectivity index is 1.64. The Morgan fingerprint density at radius 3 is 2.66 bits per heavy atom. The Kier molecular flexibility index (Phi) is 4.28. The first-order chi connectivity index (χ1) is 15.7. The van der Waals surface area contributed by atoms with E-state index in [2.05, 4.69) is 28.3 Å². The summed E-state index contributed by atoms with van der Waals surface area (Å²) in [5, 5.41) is 4.39. The Morgan fingerprint density at radius 2 is 1.84 bits per heavy atom. The van der Waals surface area contributed by atoms with E-state index in [4.69, 9.17) is 4.98 Å². The Morgan fingerprint density at radius 1 is 0.969 bits per heavy atom. The van der Waals surface area contributed by atoms with Crippen molar-refractivity contribution in [2.75, 3.05) is 0 Å². The predicted molar refractivity (Wildman–Crippen MR) is 129 cm³/mol. The molecule has 0 fully saturated rings. The van der Waals surface area contributed by atoms with Crippen LogP contribution >= 0.6 is 0 Å². The number of pyridine rings is 1. The Hall–Kier alpha value is -3.99. The van der Waals surface area contributed by atoms with Gasteiger partial charge in [-0.2, -0.15) is 4.52 Å². The molecule has 156 valence electrons. The fourth-order valence-corrected chi connectivity index (χ4v) is 4.76. The summed E-state index contributed by atoms with van der Waals surface area (Å²) >= 11 is 0. The van der Waals surface area contributed by atoms with E-state index < -0.39 is 0 Å². The lowest BCUT2D eigenvalue weighted by atomic mass is 10.00. The number of rotatable bonds is 3. The van der Waals surface area contributed by atoms with Gasteiger partial charge >= 0.3 is 0 Å². The topological polar surface area (TPSA) is 63.1 Å². The van der Waals surface area contributed by atoms with Crippen LogP contribution in [-0.2, 0) is 0 Å². The molecule has 0 atom stereocenters. The monoisotopic (exact) mass is 418 g/mol. The number of aryl methyl sites for hydroxylation is 1. The molecular weight excluding hydrogens is 396 g/mol. The summed E-state index contributed by atoms with van der Waals surface area (Å²) in [5.74, 6) is 0. The van der Waals surface area contributed by atoms with E-state index >= 15 is 0 Å². The first kappa shape index (κ1) is 18.8. The number of benzene rings is 2. The van der Waals surface area contributed by atoms with E-state index in [-0.39, 0.29) is 5.56 Å². The van der Waals surface area contributed by atoms with E-state index in [9.17, 15) is 4.79 Å². The minimum Gasteiger partial charge on any atom is -0.288 e. The van der Waals surface area contributed by atoms with Crippen LogP contribution in [0.1, 0.15) is 30.5 Å². The lowest BCUT2D eigenvalue weighted by molar-refractivity contribution is 0.896. The maximum Gasteiger partial charge on any atom is 0.280 e. The molecule has 6 rings (SSSR count). The first-order valence-electron chi connectivity index (χ1n) is 11.0. The summed E-state index contributed by atoms with van der Waals surface area (Å²) in [4.78, 5) is 23.1. The minimum absolute atomic E-state index is 0.0854. The van der Waals surface area contributed by atoms with Crippen molar-refractivity contribution < 1.29 is 0 Å². The molecule has 0 aliphatic heterocycles. The number of allylic oxidation sites excluding steroid dienone is 2. The van der Waals surface area contributed by atoms with Gasteiger partial charge in [0.15, 0.2) is 5.65 Å². The zero-order valence-corrected chi connectivity index (χ0v) is 17.8. The van der Waals surface area contributed by atoms with Crippen LogP contribution in [-0.4, -0.2) is 19.6 Å². The molecule has 5 heteroatoms. The summed E-state index contributed by atoms with van der Waals surface area (Å²) in [7, 11) is 0. The second kappa shape index (κ2) is 7.31. The second-order valence-corrected chi connectivity index (χ2v) is 8.30. The maximum absolute atomic E-state index is 13.8. The van der Waals surface area contributed by atoms with Crippen LogP contribution in [0.5, 0.6) is 0 Å². The summed E-state index contributed by atoms with van der Waals surface area (Å²) < 4.78 is 1.62. The van der Waals surface area contributed by atoms with Crippen molar-refractivity contribution >= 4 is 22.1 Å². The van der Waals surface area contributed by atoms with Crippen LogP contribution in [0.3, 0.4) is 0 Å².